The number of nitrogens with two attached hydrogens (primary N) is 1. The van der Waals surface area contributed by atoms with Crippen LogP contribution in [0, 0.1) is 0 Å². The molecule has 0 fully saturated rings. The highest BCUT2D eigenvalue weighted by Crippen LogP contribution is 2.39. The monoisotopic (exact) mass is 419 g/mol. The van der Waals surface area contributed by atoms with Gasteiger partial charge >= 0.3 is 12.9 Å². The number of benzene rings is 2. The maximum atomic E-state index is 12.1. The van der Waals surface area contributed by atoms with Gasteiger partial charge in [0, 0.05) is 22.7 Å². The number of esters is 1. The molecule has 0 saturated carbocycles. The quantitative estimate of drug-likeness (QED) is 0.503. The van der Waals surface area contributed by atoms with Crippen molar-refractivity contribution >= 4 is 35.8 Å². The zero-order chi connectivity index (χ0) is 19.8. The fraction of sp³-hybridized carbons (Fsp3) is 0.235. The molecule has 6 nitrogen and oxygen atoms in total. The van der Waals surface area contributed by atoms with Gasteiger partial charge in [-0.1, -0.05) is 54.1 Å². The normalized spacial score (nSPS) is 13.2. The van der Waals surface area contributed by atoms with Crippen molar-refractivity contribution in [2.75, 3.05) is 0 Å². The van der Waals surface area contributed by atoms with Crippen LogP contribution in [0.4, 0.5) is 0 Å². The van der Waals surface area contributed by atoms with Crippen LogP contribution < -0.4 is 5.73 Å². The first kappa shape index (κ1) is 22.6. The average molecular weight is 420 g/mol. The average Bonchev–Trinajstić information content (AvgIpc) is 2.54. The molecule has 26 heavy (non-hydrogen) atoms. The minimum absolute atomic E-state index is 0.229. The SMILES string of the molecule is CC(N)(Cc1ccc(Cl)cc1)C(=O)OCc1ccccc1.O=P(O)(O)Cl. The predicted molar refractivity (Wildman–Crippen MR) is 102 cm³/mol. The molecule has 142 valence electrons. The van der Waals surface area contributed by atoms with Crippen LogP contribution in [0.5, 0.6) is 0 Å². The molecule has 9 heteroatoms. The van der Waals surface area contributed by atoms with E-state index in [0.717, 1.165) is 11.1 Å². The molecule has 0 saturated heterocycles. The van der Waals surface area contributed by atoms with Gasteiger partial charge in [0.05, 0.1) is 0 Å². The molecule has 0 spiro atoms. The lowest BCUT2D eigenvalue weighted by Gasteiger charge is -2.22. The van der Waals surface area contributed by atoms with E-state index in [2.05, 4.69) is 11.2 Å². The number of carbonyl (C=O) groups is 1. The lowest BCUT2D eigenvalue weighted by atomic mass is 9.94. The number of hydrogen-bond acceptors (Lipinski definition) is 4. The minimum Gasteiger partial charge on any atom is -0.459 e. The smallest absolute Gasteiger partial charge is 0.419 e. The van der Waals surface area contributed by atoms with E-state index in [0.29, 0.717) is 11.4 Å². The zero-order valence-electron chi connectivity index (χ0n) is 14.0. The summed E-state index contributed by atoms with van der Waals surface area (Å²) in [5.74, 6) is -0.415. The molecule has 0 aliphatic rings. The van der Waals surface area contributed by atoms with Crippen molar-refractivity contribution in [2.45, 2.75) is 25.5 Å². The lowest BCUT2D eigenvalue weighted by molar-refractivity contribution is -0.150. The van der Waals surface area contributed by atoms with Gasteiger partial charge in [-0.25, -0.2) is 4.57 Å². The molecule has 1 atom stereocenters. The Morgan fingerprint density at radius 3 is 2.12 bits per heavy atom. The molecular formula is C17H20Cl2NO5P. The third kappa shape index (κ3) is 9.92. The maximum Gasteiger partial charge on any atom is 0.419 e. The topological polar surface area (TPSA) is 110 Å². The number of halogens is 2. The van der Waals surface area contributed by atoms with Crippen LogP contribution >= 0.6 is 29.8 Å². The summed E-state index contributed by atoms with van der Waals surface area (Å²) in [5, 5.41) is 0.657. The molecule has 0 aliphatic heterocycles. The van der Waals surface area contributed by atoms with Gasteiger partial charge in [0.15, 0.2) is 0 Å². The fourth-order valence-electron chi connectivity index (χ4n) is 1.99. The Morgan fingerprint density at radius 2 is 1.62 bits per heavy atom. The highest BCUT2D eigenvalue weighted by Gasteiger charge is 2.30. The molecule has 2 rings (SSSR count). The van der Waals surface area contributed by atoms with Crippen LogP contribution in [0.1, 0.15) is 18.1 Å². The van der Waals surface area contributed by atoms with Gasteiger partial charge in [0.1, 0.15) is 12.1 Å². The Kier molecular flexibility index (Phi) is 8.77. The molecule has 0 amide bonds. The molecule has 4 N–H and O–H groups in total. The Balaban J connectivity index is 0.000000597. The van der Waals surface area contributed by atoms with Gasteiger partial charge < -0.3 is 20.3 Å². The summed E-state index contributed by atoms with van der Waals surface area (Å²) < 4.78 is 14.4. The number of hydrogen-bond donors (Lipinski definition) is 3. The molecule has 1 unspecified atom stereocenters. The second-order valence-corrected chi connectivity index (χ2v) is 8.46. The van der Waals surface area contributed by atoms with Crippen LogP contribution in [0.15, 0.2) is 54.6 Å². The maximum absolute atomic E-state index is 12.1. The van der Waals surface area contributed by atoms with E-state index in [1.807, 2.05) is 42.5 Å². The summed E-state index contributed by atoms with van der Waals surface area (Å²) in [6.07, 6.45) is 0.401. The summed E-state index contributed by atoms with van der Waals surface area (Å²) in [6, 6.07) is 16.8. The Labute approximate surface area is 161 Å². The van der Waals surface area contributed by atoms with Gasteiger partial charge in [-0.05, 0) is 30.2 Å². The van der Waals surface area contributed by atoms with Crippen molar-refractivity contribution in [1.82, 2.24) is 0 Å². The van der Waals surface area contributed by atoms with Crippen LogP contribution in [0.3, 0.4) is 0 Å². The molecule has 0 heterocycles. The summed E-state index contributed by atoms with van der Waals surface area (Å²) in [4.78, 5) is 26.9. The van der Waals surface area contributed by atoms with E-state index in [9.17, 15) is 4.79 Å². The molecular weight excluding hydrogens is 400 g/mol. The first-order valence-corrected chi connectivity index (χ1v) is 10.4. The first-order valence-electron chi connectivity index (χ1n) is 7.47. The molecule has 2 aromatic carbocycles. The van der Waals surface area contributed by atoms with Gasteiger partial charge in [-0.15, -0.1) is 0 Å². The van der Waals surface area contributed by atoms with E-state index < -0.39 is 18.5 Å². The van der Waals surface area contributed by atoms with Crippen molar-refractivity contribution in [2.24, 2.45) is 5.73 Å². The highest BCUT2D eigenvalue weighted by atomic mass is 35.7. The van der Waals surface area contributed by atoms with Crippen LogP contribution in [0.25, 0.3) is 0 Å². The van der Waals surface area contributed by atoms with Crippen molar-refractivity contribution in [3.8, 4) is 0 Å². The van der Waals surface area contributed by atoms with E-state index in [1.54, 1.807) is 19.1 Å². The van der Waals surface area contributed by atoms with Crippen molar-refractivity contribution in [3.05, 3.63) is 70.7 Å². The molecule has 0 aromatic heterocycles. The lowest BCUT2D eigenvalue weighted by Crippen LogP contribution is -2.48. The summed E-state index contributed by atoms with van der Waals surface area (Å²) >= 11 is 10.0. The summed E-state index contributed by atoms with van der Waals surface area (Å²) in [7, 11) is 0. The second kappa shape index (κ2) is 10.1. The van der Waals surface area contributed by atoms with Crippen molar-refractivity contribution < 1.29 is 23.9 Å². The van der Waals surface area contributed by atoms with Gasteiger partial charge in [0.2, 0.25) is 0 Å². The summed E-state index contributed by atoms with van der Waals surface area (Å²) in [5.41, 5.74) is 6.90. The van der Waals surface area contributed by atoms with E-state index in [-0.39, 0.29) is 6.61 Å². The minimum atomic E-state index is -4.17. The summed E-state index contributed by atoms with van der Waals surface area (Å²) in [6.45, 7) is -2.26. The Hall–Kier alpha value is -1.40. The number of ether oxygens (including phenoxy) is 1. The van der Waals surface area contributed by atoms with Crippen LogP contribution in [-0.2, 0) is 27.1 Å². The fourth-order valence-corrected chi connectivity index (χ4v) is 2.11. The van der Waals surface area contributed by atoms with Crippen molar-refractivity contribution in [3.63, 3.8) is 0 Å². The molecule has 0 radical (unpaired) electrons. The standard InChI is InChI=1S/C17H18ClNO2.ClH2O3P/c1-17(19,11-13-7-9-15(18)10-8-13)16(20)21-12-14-5-3-2-4-6-14;1-5(2,3)4/h2-10H,11-12,19H2,1H3;(H2,2,3,4). The zero-order valence-corrected chi connectivity index (χ0v) is 16.4. The Morgan fingerprint density at radius 1 is 1.12 bits per heavy atom. The highest BCUT2D eigenvalue weighted by molar-refractivity contribution is 7.79. The van der Waals surface area contributed by atoms with Gasteiger partial charge in [-0.3, -0.25) is 4.79 Å². The Bertz CT molecular complexity index is 739. The predicted octanol–water partition coefficient (Wildman–Crippen LogP) is 3.66. The molecule has 0 bridgehead atoms. The van der Waals surface area contributed by atoms with Crippen LogP contribution in [-0.4, -0.2) is 21.3 Å². The molecule has 0 aliphatic carbocycles. The van der Waals surface area contributed by atoms with E-state index in [4.69, 9.17) is 36.4 Å². The third-order valence-corrected chi connectivity index (χ3v) is 3.42. The van der Waals surface area contributed by atoms with E-state index >= 15 is 0 Å². The van der Waals surface area contributed by atoms with Crippen molar-refractivity contribution in [1.29, 1.82) is 0 Å². The van der Waals surface area contributed by atoms with Gasteiger partial charge in [-0.2, -0.15) is 0 Å². The third-order valence-electron chi connectivity index (χ3n) is 3.16. The van der Waals surface area contributed by atoms with Crippen LogP contribution in [0.2, 0.25) is 5.02 Å². The largest absolute Gasteiger partial charge is 0.459 e. The van der Waals surface area contributed by atoms with E-state index in [1.165, 1.54) is 0 Å². The number of rotatable bonds is 5. The van der Waals surface area contributed by atoms with Gasteiger partial charge in [0.25, 0.3) is 0 Å². The first-order chi connectivity index (χ1) is 12.0. The number of carbonyl (C=O) groups excluding carboxylic acids is 1. The second-order valence-electron chi connectivity index (χ2n) is 5.76. The molecule has 2 aromatic rings.